The van der Waals surface area contributed by atoms with Crippen LogP contribution in [-0.2, 0) is 6.42 Å². The van der Waals surface area contributed by atoms with E-state index in [1.54, 1.807) is 18.3 Å². The van der Waals surface area contributed by atoms with E-state index in [2.05, 4.69) is 15.3 Å². The Labute approximate surface area is 99.7 Å². The van der Waals surface area contributed by atoms with Crippen LogP contribution in [0.5, 0.6) is 0 Å². The highest BCUT2D eigenvalue weighted by Crippen LogP contribution is 2.17. The number of benzene rings is 1. The predicted octanol–water partition coefficient (Wildman–Crippen LogP) is 2.04. The minimum absolute atomic E-state index is 0.252. The predicted molar refractivity (Wildman–Crippen MR) is 65.1 cm³/mol. The van der Waals surface area contributed by atoms with Gasteiger partial charge in [-0.05, 0) is 25.2 Å². The maximum absolute atomic E-state index is 13.1. The highest BCUT2D eigenvalue weighted by atomic mass is 19.1. The summed E-state index contributed by atoms with van der Waals surface area (Å²) < 4.78 is 13.1. The molecule has 0 radical (unpaired) electrons. The lowest BCUT2D eigenvalue weighted by molar-refractivity contribution is 0.628. The molecule has 1 N–H and O–H groups in total. The Morgan fingerprint density at radius 3 is 2.94 bits per heavy atom. The van der Waals surface area contributed by atoms with Crippen LogP contribution >= 0.6 is 0 Å². The molecule has 17 heavy (non-hydrogen) atoms. The van der Waals surface area contributed by atoms with Crippen molar-refractivity contribution in [2.45, 2.75) is 6.42 Å². The number of hydrogen-bond acceptors (Lipinski definition) is 3. The van der Waals surface area contributed by atoms with Gasteiger partial charge in [0.2, 0.25) is 0 Å². The fourth-order valence-electron chi connectivity index (χ4n) is 1.56. The van der Waals surface area contributed by atoms with Crippen molar-refractivity contribution in [3.8, 4) is 11.3 Å². The van der Waals surface area contributed by atoms with E-state index in [-0.39, 0.29) is 5.82 Å². The van der Waals surface area contributed by atoms with E-state index in [1.807, 2.05) is 13.1 Å². The molecule has 0 saturated carbocycles. The van der Waals surface area contributed by atoms with Gasteiger partial charge in [-0.1, -0.05) is 12.1 Å². The van der Waals surface area contributed by atoms with E-state index < -0.39 is 0 Å². The zero-order valence-electron chi connectivity index (χ0n) is 9.65. The van der Waals surface area contributed by atoms with Gasteiger partial charge in [0.05, 0.1) is 5.69 Å². The Morgan fingerprint density at radius 2 is 2.18 bits per heavy atom. The summed E-state index contributed by atoms with van der Waals surface area (Å²) in [5, 5.41) is 3.04. The Bertz CT molecular complexity index is 500. The molecular weight excluding hydrogens is 217 g/mol. The zero-order chi connectivity index (χ0) is 12.1. The fraction of sp³-hybridized carbons (Fsp3) is 0.231. The number of nitrogens with zero attached hydrogens (tertiary/aromatic N) is 2. The highest BCUT2D eigenvalue weighted by Gasteiger charge is 2.02. The second kappa shape index (κ2) is 5.50. The van der Waals surface area contributed by atoms with Gasteiger partial charge in [-0.15, -0.1) is 0 Å². The maximum atomic E-state index is 13.1. The minimum Gasteiger partial charge on any atom is -0.319 e. The molecule has 88 valence electrons. The number of likely N-dealkylation sites (N-methyl/N-ethyl adjacent to an activating group) is 1. The zero-order valence-corrected chi connectivity index (χ0v) is 9.65. The number of nitrogens with one attached hydrogen (secondary N) is 1. The molecule has 0 unspecified atom stereocenters. The molecule has 4 heteroatoms. The van der Waals surface area contributed by atoms with Crippen molar-refractivity contribution in [3.05, 3.63) is 48.2 Å². The summed E-state index contributed by atoms with van der Waals surface area (Å²) in [6, 6.07) is 8.21. The molecule has 1 aromatic heterocycles. The van der Waals surface area contributed by atoms with E-state index in [9.17, 15) is 4.39 Å². The van der Waals surface area contributed by atoms with Gasteiger partial charge in [-0.2, -0.15) is 0 Å². The van der Waals surface area contributed by atoms with Crippen LogP contribution in [0.3, 0.4) is 0 Å². The van der Waals surface area contributed by atoms with Crippen molar-refractivity contribution in [1.29, 1.82) is 0 Å². The summed E-state index contributed by atoms with van der Waals surface area (Å²) in [4.78, 5) is 8.58. The molecule has 0 saturated heterocycles. The Hall–Kier alpha value is -1.81. The Balaban J connectivity index is 2.26. The number of rotatable bonds is 4. The molecular formula is C13H14FN3. The van der Waals surface area contributed by atoms with Crippen molar-refractivity contribution >= 4 is 0 Å². The molecule has 0 atom stereocenters. The molecule has 3 nitrogen and oxygen atoms in total. The summed E-state index contributed by atoms with van der Waals surface area (Å²) in [6.45, 7) is 0.826. The summed E-state index contributed by atoms with van der Waals surface area (Å²) in [6.07, 6.45) is 2.47. The van der Waals surface area contributed by atoms with Gasteiger partial charge in [-0.25, -0.2) is 14.4 Å². The summed E-state index contributed by atoms with van der Waals surface area (Å²) in [5.74, 6) is 0.513. The van der Waals surface area contributed by atoms with E-state index in [0.29, 0.717) is 0 Å². The van der Waals surface area contributed by atoms with Crippen LogP contribution in [0.4, 0.5) is 4.39 Å². The fourth-order valence-corrected chi connectivity index (χ4v) is 1.56. The smallest absolute Gasteiger partial charge is 0.130 e. The first-order valence-corrected chi connectivity index (χ1v) is 5.52. The second-order valence-electron chi connectivity index (χ2n) is 3.72. The molecule has 0 amide bonds. The average Bonchev–Trinajstić information content (AvgIpc) is 2.37. The van der Waals surface area contributed by atoms with Crippen molar-refractivity contribution < 1.29 is 4.39 Å². The van der Waals surface area contributed by atoms with Crippen LogP contribution in [0.2, 0.25) is 0 Å². The van der Waals surface area contributed by atoms with Crippen LogP contribution in [0.15, 0.2) is 36.5 Å². The van der Waals surface area contributed by atoms with E-state index in [0.717, 1.165) is 30.0 Å². The molecule has 0 aliphatic rings. The van der Waals surface area contributed by atoms with E-state index >= 15 is 0 Å². The van der Waals surface area contributed by atoms with E-state index in [4.69, 9.17) is 0 Å². The van der Waals surface area contributed by atoms with Crippen molar-refractivity contribution in [2.75, 3.05) is 13.6 Å². The van der Waals surface area contributed by atoms with E-state index in [1.165, 1.54) is 12.1 Å². The number of aromatic nitrogens is 2. The van der Waals surface area contributed by atoms with Gasteiger partial charge in [-0.3, -0.25) is 0 Å². The first-order valence-electron chi connectivity index (χ1n) is 5.52. The second-order valence-corrected chi connectivity index (χ2v) is 3.72. The van der Waals surface area contributed by atoms with Crippen LogP contribution in [-0.4, -0.2) is 23.6 Å². The lowest BCUT2D eigenvalue weighted by Gasteiger charge is -2.03. The van der Waals surface area contributed by atoms with Crippen LogP contribution in [0, 0.1) is 5.82 Å². The topological polar surface area (TPSA) is 37.8 Å². The Kier molecular flexibility index (Phi) is 3.77. The largest absolute Gasteiger partial charge is 0.319 e. The highest BCUT2D eigenvalue weighted by molar-refractivity contribution is 5.58. The van der Waals surface area contributed by atoms with Gasteiger partial charge in [0.1, 0.15) is 11.6 Å². The molecule has 0 spiro atoms. The molecule has 1 heterocycles. The molecule has 0 fully saturated rings. The standard InChI is InChI=1S/C13H14FN3/c1-15-7-6-13-16-8-5-12(17-13)10-3-2-4-11(14)9-10/h2-5,8-9,15H,6-7H2,1H3. The van der Waals surface area contributed by atoms with Crippen molar-refractivity contribution in [2.24, 2.45) is 0 Å². The van der Waals surface area contributed by atoms with Gasteiger partial charge in [0.15, 0.2) is 0 Å². The third-order valence-electron chi connectivity index (χ3n) is 2.42. The Morgan fingerprint density at radius 1 is 1.29 bits per heavy atom. The van der Waals surface area contributed by atoms with Gasteiger partial charge < -0.3 is 5.32 Å². The van der Waals surface area contributed by atoms with Crippen LogP contribution in [0.1, 0.15) is 5.82 Å². The third kappa shape index (κ3) is 3.07. The summed E-state index contributed by atoms with van der Waals surface area (Å²) in [7, 11) is 1.89. The van der Waals surface area contributed by atoms with Gasteiger partial charge in [0, 0.05) is 24.7 Å². The average molecular weight is 231 g/mol. The lowest BCUT2D eigenvalue weighted by Crippen LogP contribution is -2.12. The third-order valence-corrected chi connectivity index (χ3v) is 2.42. The van der Waals surface area contributed by atoms with Crippen LogP contribution < -0.4 is 5.32 Å². The number of halogens is 1. The van der Waals surface area contributed by atoms with Gasteiger partial charge >= 0.3 is 0 Å². The number of hydrogen-bond donors (Lipinski definition) is 1. The normalized spacial score (nSPS) is 10.5. The van der Waals surface area contributed by atoms with Crippen LogP contribution in [0.25, 0.3) is 11.3 Å². The first-order chi connectivity index (χ1) is 8.29. The van der Waals surface area contributed by atoms with Crippen molar-refractivity contribution in [3.63, 3.8) is 0 Å². The molecule has 0 bridgehead atoms. The SMILES string of the molecule is CNCCc1nccc(-c2cccc(F)c2)n1. The van der Waals surface area contributed by atoms with Crippen molar-refractivity contribution in [1.82, 2.24) is 15.3 Å². The molecule has 1 aromatic carbocycles. The lowest BCUT2D eigenvalue weighted by atomic mass is 10.1. The molecule has 0 aliphatic heterocycles. The summed E-state index contributed by atoms with van der Waals surface area (Å²) in [5.41, 5.74) is 1.53. The maximum Gasteiger partial charge on any atom is 0.130 e. The molecule has 2 aromatic rings. The first kappa shape index (κ1) is 11.7. The summed E-state index contributed by atoms with van der Waals surface area (Å²) >= 11 is 0. The molecule has 2 rings (SSSR count). The minimum atomic E-state index is -0.252. The quantitative estimate of drug-likeness (QED) is 0.875. The van der Waals surface area contributed by atoms with Gasteiger partial charge in [0.25, 0.3) is 0 Å². The monoisotopic (exact) mass is 231 g/mol. The molecule has 0 aliphatic carbocycles.